The molecule has 0 spiro atoms. The third-order valence-electron chi connectivity index (χ3n) is 2.23. The molecule has 0 saturated heterocycles. The number of rotatable bonds is 3. The summed E-state index contributed by atoms with van der Waals surface area (Å²) in [6.07, 6.45) is 1.65. The summed E-state index contributed by atoms with van der Waals surface area (Å²) < 4.78 is 11.1. The van der Waals surface area contributed by atoms with Gasteiger partial charge in [-0.15, -0.1) is 0 Å². The SMILES string of the molecule is CC(C)(C)OCc1coc(-c2ccccc2)n1. The number of benzene rings is 1. The fourth-order valence-electron chi connectivity index (χ4n) is 1.38. The van der Waals surface area contributed by atoms with Gasteiger partial charge in [-0.25, -0.2) is 4.98 Å². The van der Waals surface area contributed by atoms with Gasteiger partial charge >= 0.3 is 0 Å². The van der Waals surface area contributed by atoms with E-state index in [2.05, 4.69) is 4.98 Å². The molecule has 3 nitrogen and oxygen atoms in total. The molecule has 17 heavy (non-hydrogen) atoms. The van der Waals surface area contributed by atoms with Gasteiger partial charge in [0.15, 0.2) is 0 Å². The molecule has 0 aliphatic carbocycles. The molecule has 0 amide bonds. The minimum Gasteiger partial charge on any atom is -0.444 e. The van der Waals surface area contributed by atoms with Crippen molar-refractivity contribution in [1.82, 2.24) is 4.98 Å². The van der Waals surface area contributed by atoms with Gasteiger partial charge < -0.3 is 9.15 Å². The highest BCUT2D eigenvalue weighted by molar-refractivity contribution is 5.52. The zero-order valence-corrected chi connectivity index (χ0v) is 10.4. The van der Waals surface area contributed by atoms with E-state index in [0.29, 0.717) is 12.5 Å². The number of aromatic nitrogens is 1. The zero-order valence-electron chi connectivity index (χ0n) is 10.4. The minimum absolute atomic E-state index is 0.161. The number of nitrogens with zero attached hydrogens (tertiary/aromatic N) is 1. The Balaban J connectivity index is 2.07. The van der Waals surface area contributed by atoms with Crippen LogP contribution in [0.25, 0.3) is 11.5 Å². The monoisotopic (exact) mass is 231 g/mol. The van der Waals surface area contributed by atoms with Crippen LogP contribution in [0.2, 0.25) is 0 Å². The van der Waals surface area contributed by atoms with Crippen LogP contribution in [0.15, 0.2) is 41.0 Å². The van der Waals surface area contributed by atoms with Crippen molar-refractivity contribution in [2.75, 3.05) is 0 Å². The maximum atomic E-state index is 5.64. The Morgan fingerprint density at radius 2 is 1.88 bits per heavy atom. The van der Waals surface area contributed by atoms with Gasteiger partial charge in [-0.2, -0.15) is 0 Å². The molecular formula is C14H17NO2. The minimum atomic E-state index is -0.161. The summed E-state index contributed by atoms with van der Waals surface area (Å²) in [6.45, 7) is 6.53. The molecule has 0 fully saturated rings. The van der Waals surface area contributed by atoms with Crippen molar-refractivity contribution >= 4 is 0 Å². The summed E-state index contributed by atoms with van der Waals surface area (Å²) in [5.41, 5.74) is 1.64. The van der Waals surface area contributed by atoms with Crippen LogP contribution in [0.3, 0.4) is 0 Å². The number of ether oxygens (including phenoxy) is 1. The Hall–Kier alpha value is -1.61. The van der Waals surface area contributed by atoms with E-state index in [1.54, 1.807) is 6.26 Å². The second-order valence-corrected chi connectivity index (χ2v) is 4.91. The van der Waals surface area contributed by atoms with Crippen molar-refractivity contribution in [2.24, 2.45) is 0 Å². The molecule has 0 radical (unpaired) electrons. The first-order valence-corrected chi connectivity index (χ1v) is 5.68. The Bertz CT molecular complexity index is 468. The Morgan fingerprint density at radius 1 is 1.18 bits per heavy atom. The van der Waals surface area contributed by atoms with Crippen molar-refractivity contribution in [3.63, 3.8) is 0 Å². The molecule has 0 aliphatic rings. The van der Waals surface area contributed by atoms with Gasteiger partial charge in [0.25, 0.3) is 0 Å². The molecule has 2 rings (SSSR count). The second-order valence-electron chi connectivity index (χ2n) is 4.91. The van der Waals surface area contributed by atoms with E-state index < -0.39 is 0 Å². The van der Waals surface area contributed by atoms with Crippen molar-refractivity contribution in [2.45, 2.75) is 33.0 Å². The zero-order chi connectivity index (χ0) is 12.3. The van der Waals surface area contributed by atoms with Crippen LogP contribution in [0.4, 0.5) is 0 Å². The van der Waals surface area contributed by atoms with Crippen LogP contribution in [0.5, 0.6) is 0 Å². The smallest absolute Gasteiger partial charge is 0.226 e. The molecule has 1 aromatic carbocycles. The molecule has 2 aromatic rings. The lowest BCUT2D eigenvalue weighted by Gasteiger charge is -2.18. The van der Waals surface area contributed by atoms with Gasteiger partial charge in [0.1, 0.15) is 12.0 Å². The van der Waals surface area contributed by atoms with E-state index in [4.69, 9.17) is 9.15 Å². The van der Waals surface area contributed by atoms with Crippen molar-refractivity contribution in [1.29, 1.82) is 0 Å². The highest BCUT2D eigenvalue weighted by atomic mass is 16.5. The van der Waals surface area contributed by atoms with Gasteiger partial charge in [-0.1, -0.05) is 18.2 Å². The summed E-state index contributed by atoms with van der Waals surface area (Å²) in [7, 11) is 0. The van der Waals surface area contributed by atoms with E-state index in [0.717, 1.165) is 11.3 Å². The fourth-order valence-corrected chi connectivity index (χ4v) is 1.38. The molecule has 0 bridgehead atoms. The maximum Gasteiger partial charge on any atom is 0.226 e. The molecule has 0 N–H and O–H groups in total. The van der Waals surface area contributed by atoms with E-state index in [-0.39, 0.29) is 5.60 Å². The first-order chi connectivity index (χ1) is 8.04. The van der Waals surface area contributed by atoms with Gasteiger partial charge in [0, 0.05) is 5.56 Å². The molecule has 90 valence electrons. The van der Waals surface area contributed by atoms with Gasteiger partial charge in [0.2, 0.25) is 5.89 Å². The third-order valence-corrected chi connectivity index (χ3v) is 2.23. The largest absolute Gasteiger partial charge is 0.444 e. The van der Waals surface area contributed by atoms with Crippen molar-refractivity contribution in [3.8, 4) is 11.5 Å². The van der Waals surface area contributed by atoms with Crippen LogP contribution in [0.1, 0.15) is 26.5 Å². The van der Waals surface area contributed by atoms with Gasteiger partial charge in [0.05, 0.1) is 12.2 Å². The van der Waals surface area contributed by atoms with Crippen LogP contribution >= 0.6 is 0 Å². The van der Waals surface area contributed by atoms with Crippen molar-refractivity contribution in [3.05, 3.63) is 42.3 Å². The first kappa shape index (κ1) is 11.9. The lowest BCUT2D eigenvalue weighted by Crippen LogP contribution is -2.18. The molecule has 0 atom stereocenters. The summed E-state index contributed by atoms with van der Waals surface area (Å²) in [4.78, 5) is 4.39. The Labute approximate surface area is 101 Å². The van der Waals surface area contributed by atoms with Crippen LogP contribution in [0, 0.1) is 0 Å². The Morgan fingerprint density at radius 3 is 2.53 bits per heavy atom. The maximum absolute atomic E-state index is 5.64. The van der Waals surface area contributed by atoms with E-state index in [1.165, 1.54) is 0 Å². The van der Waals surface area contributed by atoms with E-state index in [9.17, 15) is 0 Å². The third kappa shape index (κ3) is 3.43. The summed E-state index contributed by atoms with van der Waals surface area (Å²) in [5, 5.41) is 0. The fraction of sp³-hybridized carbons (Fsp3) is 0.357. The molecule has 1 heterocycles. The highest BCUT2D eigenvalue weighted by Crippen LogP contribution is 2.19. The highest BCUT2D eigenvalue weighted by Gasteiger charge is 2.12. The average molecular weight is 231 g/mol. The average Bonchev–Trinajstić information content (AvgIpc) is 2.75. The predicted molar refractivity (Wildman–Crippen MR) is 66.5 cm³/mol. The van der Waals surface area contributed by atoms with Gasteiger partial charge in [-0.3, -0.25) is 0 Å². The summed E-state index contributed by atoms with van der Waals surface area (Å²) in [5.74, 6) is 0.637. The Kier molecular flexibility index (Phi) is 3.29. The topological polar surface area (TPSA) is 35.3 Å². The van der Waals surface area contributed by atoms with Gasteiger partial charge in [-0.05, 0) is 32.9 Å². The van der Waals surface area contributed by atoms with Crippen molar-refractivity contribution < 1.29 is 9.15 Å². The van der Waals surface area contributed by atoms with E-state index in [1.807, 2.05) is 51.1 Å². The van der Waals surface area contributed by atoms with Crippen LogP contribution in [-0.4, -0.2) is 10.6 Å². The number of oxazole rings is 1. The molecule has 1 aromatic heterocycles. The quantitative estimate of drug-likeness (QED) is 0.808. The number of hydrogen-bond donors (Lipinski definition) is 0. The predicted octanol–water partition coefficient (Wildman–Crippen LogP) is 3.66. The number of hydrogen-bond acceptors (Lipinski definition) is 3. The normalized spacial score (nSPS) is 11.7. The summed E-state index contributed by atoms with van der Waals surface area (Å²) in [6, 6.07) is 9.84. The molecule has 0 unspecified atom stereocenters. The lowest BCUT2D eigenvalue weighted by molar-refractivity contribution is -0.0164. The molecular weight excluding hydrogens is 214 g/mol. The van der Waals surface area contributed by atoms with E-state index >= 15 is 0 Å². The summed E-state index contributed by atoms with van der Waals surface area (Å²) >= 11 is 0. The molecule has 0 aliphatic heterocycles. The first-order valence-electron chi connectivity index (χ1n) is 5.68. The van der Waals surface area contributed by atoms with Crippen LogP contribution in [-0.2, 0) is 11.3 Å². The molecule has 3 heteroatoms. The standard InChI is InChI=1S/C14H17NO2/c1-14(2,3)17-10-12-9-16-13(15-12)11-7-5-4-6-8-11/h4-9H,10H2,1-3H3. The van der Waals surface area contributed by atoms with Crippen LogP contribution < -0.4 is 0 Å². The lowest BCUT2D eigenvalue weighted by atomic mass is 10.2. The molecule has 0 saturated carbocycles. The second kappa shape index (κ2) is 4.72.